The van der Waals surface area contributed by atoms with Crippen molar-refractivity contribution in [2.24, 2.45) is 5.92 Å². The second-order valence-electron chi connectivity index (χ2n) is 8.49. The molecule has 1 unspecified atom stereocenters. The third kappa shape index (κ3) is 14.0. The molecule has 37 heavy (non-hydrogen) atoms. The Hall–Kier alpha value is -3.50. The van der Waals surface area contributed by atoms with Crippen LogP contribution < -0.4 is 10.1 Å². The number of methoxy groups -OCH3 is 1. The quantitative estimate of drug-likeness (QED) is 0.294. The molecule has 3 N–H and O–H groups in total. The number of ether oxygens (including phenoxy) is 2. The highest BCUT2D eigenvalue weighted by Gasteiger charge is 2.29. The smallest absolute Gasteiger partial charge is 0.416 e. The van der Waals surface area contributed by atoms with Crippen LogP contribution in [0.25, 0.3) is 0 Å². The van der Waals surface area contributed by atoms with E-state index in [0.29, 0.717) is 30.2 Å². The van der Waals surface area contributed by atoms with Crippen LogP contribution in [0.4, 0.5) is 13.2 Å². The lowest BCUT2D eigenvalue weighted by Gasteiger charge is -2.19. The third-order valence-corrected chi connectivity index (χ3v) is 4.74. The number of esters is 1. The molecule has 8 nitrogen and oxygen atoms in total. The highest BCUT2D eigenvalue weighted by atomic mass is 19.4. The lowest BCUT2D eigenvalue weighted by atomic mass is 10.1. The molecule has 208 valence electrons. The van der Waals surface area contributed by atoms with Gasteiger partial charge in [-0.1, -0.05) is 27.2 Å². The van der Waals surface area contributed by atoms with Crippen molar-refractivity contribution in [3.05, 3.63) is 47.8 Å². The molecule has 0 spiro atoms. The van der Waals surface area contributed by atoms with Crippen molar-refractivity contribution < 1.29 is 42.4 Å². The van der Waals surface area contributed by atoms with E-state index in [1.807, 2.05) is 13.8 Å². The predicted molar refractivity (Wildman–Crippen MR) is 133 cm³/mol. The van der Waals surface area contributed by atoms with Crippen LogP contribution in [0.1, 0.15) is 58.2 Å². The van der Waals surface area contributed by atoms with E-state index in [1.165, 1.54) is 7.11 Å². The fraction of sp³-hybridized carbons (Fsp3) is 0.500. The summed E-state index contributed by atoms with van der Waals surface area (Å²) < 4.78 is 45.6. The molecule has 1 aromatic heterocycles. The van der Waals surface area contributed by atoms with Crippen LogP contribution in [-0.4, -0.2) is 46.8 Å². The third-order valence-electron chi connectivity index (χ3n) is 4.74. The van der Waals surface area contributed by atoms with Crippen LogP contribution in [0.3, 0.4) is 0 Å². The van der Waals surface area contributed by atoms with Gasteiger partial charge in [0, 0.05) is 12.3 Å². The number of halogens is 3. The largest absolute Gasteiger partial charge is 0.508 e. The van der Waals surface area contributed by atoms with E-state index in [-0.39, 0.29) is 23.6 Å². The summed E-state index contributed by atoms with van der Waals surface area (Å²) in [5.41, 5.74) is -0.172. The zero-order valence-electron chi connectivity index (χ0n) is 22.0. The Morgan fingerprint density at radius 2 is 1.73 bits per heavy atom. The van der Waals surface area contributed by atoms with E-state index in [2.05, 4.69) is 24.1 Å². The standard InChI is InChI=1S/C12H23NO3.C7H5F3O.C7H9NO2/c1-5-6-11(13-8-14)12(15)16-10(4)7-9(2)3;8-7(9,10)5-1-3-6(11)4-2-5;1-5-7(9)6(10-2)3-4-8-5/h8-11H,5-7H2,1-4H3,(H,13,14);1-4,11H;3-4,9H,1-2H3/t10?,11-;;/m0../s1. The molecule has 1 aromatic carbocycles. The summed E-state index contributed by atoms with van der Waals surface area (Å²) in [4.78, 5) is 25.9. The van der Waals surface area contributed by atoms with Crippen molar-refractivity contribution >= 4 is 12.4 Å². The summed E-state index contributed by atoms with van der Waals surface area (Å²) in [7, 11) is 1.51. The number of alkyl halides is 3. The predicted octanol–water partition coefficient (Wildman–Crippen LogP) is 5.39. The number of rotatable bonds is 9. The molecule has 2 aromatic rings. The molecule has 1 heterocycles. The number of benzene rings is 1. The average Bonchev–Trinajstić information content (AvgIpc) is 2.80. The fourth-order valence-corrected chi connectivity index (χ4v) is 2.98. The Labute approximate surface area is 215 Å². The summed E-state index contributed by atoms with van der Waals surface area (Å²) in [6.45, 7) is 9.72. The number of hydrogen-bond acceptors (Lipinski definition) is 7. The fourth-order valence-electron chi connectivity index (χ4n) is 2.98. The van der Waals surface area contributed by atoms with Crippen molar-refractivity contribution in [2.75, 3.05) is 7.11 Å². The SMILES string of the molecule is CCC[C@H](NC=O)C(=O)OC(C)CC(C)C.COc1ccnc(C)c1O.Oc1ccc(C(F)(F)F)cc1. The number of hydrogen-bond donors (Lipinski definition) is 3. The van der Waals surface area contributed by atoms with Crippen LogP contribution in [0.2, 0.25) is 0 Å². The van der Waals surface area contributed by atoms with Gasteiger partial charge in [0.05, 0.1) is 24.5 Å². The lowest BCUT2D eigenvalue weighted by molar-refractivity contribution is -0.152. The minimum absolute atomic E-state index is 0.0969. The van der Waals surface area contributed by atoms with Gasteiger partial charge < -0.3 is 25.0 Å². The normalized spacial score (nSPS) is 12.2. The number of phenolic OH excluding ortho intramolecular Hbond substituents is 1. The van der Waals surface area contributed by atoms with Crippen molar-refractivity contribution in [1.82, 2.24) is 10.3 Å². The molecule has 2 rings (SSSR count). The summed E-state index contributed by atoms with van der Waals surface area (Å²) in [6, 6.07) is 4.77. The molecule has 0 bridgehead atoms. The lowest BCUT2D eigenvalue weighted by Crippen LogP contribution is -2.38. The first-order chi connectivity index (χ1) is 17.3. The van der Waals surface area contributed by atoms with Crippen LogP contribution in [0.5, 0.6) is 17.2 Å². The zero-order valence-corrected chi connectivity index (χ0v) is 22.0. The maximum absolute atomic E-state index is 11.8. The molecule has 0 saturated carbocycles. The van der Waals surface area contributed by atoms with Gasteiger partial charge >= 0.3 is 12.1 Å². The first-order valence-corrected chi connectivity index (χ1v) is 11.7. The zero-order chi connectivity index (χ0) is 28.6. The Bertz CT molecular complexity index is 937. The van der Waals surface area contributed by atoms with Gasteiger partial charge in [-0.2, -0.15) is 13.2 Å². The van der Waals surface area contributed by atoms with Crippen LogP contribution >= 0.6 is 0 Å². The van der Waals surface area contributed by atoms with E-state index in [9.17, 15) is 27.9 Å². The number of pyridine rings is 1. The number of aromatic hydroxyl groups is 2. The molecule has 0 aliphatic carbocycles. The molecule has 0 fully saturated rings. The van der Waals surface area contributed by atoms with Gasteiger partial charge in [0.25, 0.3) is 0 Å². The maximum atomic E-state index is 11.8. The average molecular weight is 531 g/mol. The number of aryl methyl sites for hydroxylation is 1. The number of amides is 1. The molecule has 0 aliphatic heterocycles. The van der Waals surface area contributed by atoms with Gasteiger partial charge in [-0.3, -0.25) is 9.78 Å². The van der Waals surface area contributed by atoms with E-state index < -0.39 is 17.8 Å². The minimum atomic E-state index is -4.33. The Balaban J connectivity index is 0.000000543. The first kappa shape index (κ1) is 33.5. The van der Waals surface area contributed by atoms with Crippen molar-refractivity contribution in [2.45, 2.75) is 72.2 Å². The molecule has 0 aliphatic rings. The number of phenols is 1. The molecule has 11 heteroatoms. The first-order valence-electron chi connectivity index (χ1n) is 11.7. The summed E-state index contributed by atoms with van der Waals surface area (Å²) in [6.07, 6.45) is 0.00733. The van der Waals surface area contributed by atoms with Crippen LogP contribution in [0.15, 0.2) is 36.5 Å². The van der Waals surface area contributed by atoms with Crippen LogP contribution in [-0.2, 0) is 20.5 Å². The minimum Gasteiger partial charge on any atom is -0.508 e. The molecule has 0 saturated heterocycles. The summed E-state index contributed by atoms with van der Waals surface area (Å²) >= 11 is 0. The summed E-state index contributed by atoms with van der Waals surface area (Å²) in [5.74, 6) is 0.573. The van der Waals surface area contributed by atoms with Crippen molar-refractivity contribution in [1.29, 1.82) is 0 Å². The second kappa shape index (κ2) is 17.0. The van der Waals surface area contributed by atoms with Gasteiger partial charge in [-0.05, 0) is 56.9 Å². The van der Waals surface area contributed by atoms with Crippen molar-refractivity contribution in [3.8, 4) is 17.2 Å². The molecule has 2 atom stereocenters. The summed E-state index contributed by atoms with van der Waals surface area (Å²) in [5, 5.41) is 20.4. The molecule has 0 radical (unpaired) electrons. The van der Waals surface area contributed by atoms with Gasteiger partial charge in [0.2, 0.25) is 6.41 Å². The van der Waals surface area contributed by atoms with E-state index in [0.717, 1.165) is 37.1 Å². The Morgan fingerprint density at radius 3 is 2.16 bits per heavy atom. The number of carbonyl (C=O) groups is 2. The number of carbonyl (C=O) groups excluding carboxylic acids is 2. The Kier molecular flexibility index (Phi) is 15.4. The van der Waals surface area contributed by atoms with Crippen LogP contribution in [0, 0.1) is 12.8 Å². The van der Waals surface area contributed by atoms with Gasteiger partial charge in [0.15, 0.2) is 11.5 Å². The Morgan fingerprint density at radius 1 is 1.14 bits per heavy atom. The van der Waals surface area contributed by atoms with Gasteiger partial charge in [-0.25, -0.2) is 4.79 Å². The number of nitrogens with zero attached hydrogens (tertiary/aromatic N) is 1. The van der Waals surface area contributed by atoms with E-state index in [1.54, 1.807) is 19.2 Å². The topological polar surface area (TPSA) is 118 Å². The number of aromatic nitrogens is 1. The molecular weight excluding hydrogens is 493 g/mol. The molecule has 1 amide bonds. The highest BCUT2D eigenvalue weighted by molar-refractivity contribution is 5.78. The number of nitrogens with one attached hydrogen (secondary N) is 1. The maximum Gasteiger partial charge on any atom is 0.416 e. The highest BCUT2D eigenvalue weighted by Crippen LogP contribution is 2.30. The van der Waals surface area contributed by atoms with Crippen molar-refractivity contribution in [3.63, 3.8) is 0 Å². The van der Waals surface area contributed by atoms with E-state index in [4.69, 9.17) is 14.6 Å². The second-order valence-corrected chi connectivity index (χ2v) is 8.49. The van der Waals surface area contributed by atoms with Gasteiger partial charge in [0.1, 0.15) is 11.8 Å². The van der Waals surface area contributed by atoms with Gasteiger partial charge in [-0.15, -0.1) is 0 Å². The monoisotopic (exact) mass is 530 g/mol. The van der Waals surface area contributed by atoms with E-state index >= 15 is 0 Å². The molecular formula is C26H37F3N2O6.